The molecule has 2 aromatic carbocycles. The molecule has 1 heterocycles. The Morgan fingerprint density at radius 1 is 1.14 bits per heavy atom. The fourth-order valence-corrected chi connectivity index (χ4v) is 3.70. The number of nitrogens with zero attached hydrogens (tertiary/aromatic N) is 1. The molecule has 0 unspecified atom stereocenters. The van der Waals surface area contributed by atoms with Crippen LogP contribution in [0, 0.1) is 0 Å². The number of carbonyl (C=O) groups excluding carboxylic acids is 1. The number of carboxylic acids is 1. The van der Waals surface area contributed by atoms with Crippen LogP contribution in [-0.4, -0.2) is 71.6 Å². The largest absolute Gasteiger partial charge is 0.490 e. The predicted molar refractivity (Wildman–Crippen MR) is 134 cm³/mol. The Bertz CT molecular complexity index is 1000. The number of aliphatic hydroxyl groups excluding tert-OH is 1. The standard InChI is InChI=1S/C23H30ClN3O3.C2HF3O2/c1-17(28)26-22-4-2-3-5-23(22)30-16-21(29)14-25-20-10-12-27(13-11-20)15-18-6-8-19(24)9-7-18;3-2(4,5)1(6)7/h2-9,20-21,25,29H,10-16H2,1H3,(H,26,28);(H,6,7)/t21-;/m0./s1. The number of benzene rings is 2. The van der Waals surface area contributed by atoms with Crippen LogP contribution in [0.3, 0.4) is 0 Å². The van der Waals surface area contributed by atoms with Crippen LogP contribution in [0.15, 0.2) is 48.5 Å². The molecule has 37 heavy (non-hydrogen) atoms. The quantitative estimate of drug-likeness (QED) is 0.378. The Morgan fingerprint density at radius 3 is 2.30 bits per heavy atom. The normalized spacial score (nSPS) is 15.3. The molecule has 0 spiro atoms. The van der Waals surface area contributed by atoms with Crippen LogP contribution in [0.4, 0.5) is 18.9 Å². The van der Waals surface area contributed by atoms with E-state index in [0.717, 1.165) is 37.5 Å². The van der Waals surface area contributed by atoms with Crippen LogP contribution in [-0.2, 0) is 16.1 Å². The van der Waals surface area contributed by atoms with Crippen molar-refractivity contribution in [1.29, 1.82) is 0 Å². The van der Waals surface area contributed by atoms with Gasteiger partial charge < -0.3 is 25.6 Å². The summed E-state index contributed by atoms with van der Waals surface area (Å²) in [4.78, 5) is 22.6. The lowest BCUT2D eigenvalue weighted by atomic mass is 10.0. The number of aliphatic carboxylic acids is 1. The lowest BCUT2D eigenvalue weighted by molar-refractivity contribution is -0.192. The van der Waals surface area contributed by atoms with Gasteiger partial charge in [0.25, 0.3) is 0 Å². The highest BCUT2D eigenvalue weighted by molar-refractivity contribution is 6.30. The van der Waals surface area contributed by atoms with Crippen molar-refractivity contribution in [3.05, 3.63) is 59.1 Å². The van der Waals surface area contributed by atoms with E-state index in [1.54, 1.807) is 12.1 Å². The molecule has 204 valence electrons. The van der Waals surface area contributed by atoms with Crippen molar-refractivity contribution in [1.82, 2.24) is 10.2 Å². The average Bonchev–Trinajstić information content (AvgIpc) is 2.84. The highest BCUT2D eigenvalue weighted by atomic mass is 35.5. The maximum Gasteiger partial charge on any atom is 0.490 e. The number of nitrogens with one attached hydrogen (secondary N) is 2. The first-order valence-corrected chi connectivity index (χ1v) is 12.0. The topological polar surface area (TPSA) is 111 Å². The molecule has 12 heteroatoms. The molecule has 0 radical (unpaired) electrons. The summed E-state index contributed by atoms with van der Waals surface area (Å²) < 4.78 is 37.4. The smallest absolute Gasteiger partial charge is 0.489 e. The van der Waals surface area contributed by atoms with Crippen molar-refractivity contribution in [2.75, 3.05) is 31.6 Å². The van der Waals surface area contributed by atoms with E-state index in [2.05, 4.69) is 27.7 Å². The zero-order valence-electron chi connectivity index (χ0n) is 20.3. The number of hydrogen-bond acceptors (Lipinski definition) is 6. The average molecular weight is 546 g/mol. The van der Waals surface area contributed by atoms with Gasteiger partial charge in [0.05, 0.1) is 5.69 Å². The SMILES string of the molecule is CC(=O)Nc1ccccc1OC[C@@H](O)CNC1CCN(Cc2ccc(Cl)cc2)CC1.O=C(O)C(F)(F)F. The van der Waals surface area contributed by atoms with Crippen LogP contribution in [0.25, 0.3) is 0 Å². The lowest BCUT2D eigenvalue weighted by Gasteiger charge is -2.33. The molecule has 1 atom stereocenters. The zero-order chi connectivity index (χ0) is 27.4. The van der Waals surface area contributed by atoms with Gasteiger partial charge in [0, 0.05) is 31.1 Å². The van der Waals surface area contributed by atoms with Gasteiger partial charge in [-0.3, -0.25) is 9.69 Å². The molecule has 0 aromatic heterocycles. The van der Waals surface area contributed by atoms with Crippen molar-refractivity contribution in [2.24, 2.45) is 0 Å². The number of hydrogen-bond donors (Lipinski definition) is 4. The molecule has 1 aliphatic rings. The minimum Gasteiger partial charge on any atom is -0.489 e. The first kappa shape index (κ1) is 30.4. The molecule has 0 aliphatic carbocycles. The van der Waals surface area contributed by atoms with Crippen LogP contribution in [0.2, 0.25) is 5.02 Å². The Balaban J connectivity index is 0.000000604. The molecule has 1 amide bonds. The maximum absolute atomic E-state index is 11.3. The number of alkyl halides is 3. The molecule has 2 aromatic rings. The van der Waals surface area contributed by atoms with Gasteiger partial charge in [-0.2, -0.15) is 13.2 Å². The number of ether oxygens (including phenoxy) is 1. The number of anilines is 1. The van der Waals surface area contributed by atoms with E-state index in [1.165, 1.54) is 12.5 Å². The van der Waals surface area contributed by atoms with Crippen molar-refractivity contribution < 1.29 is 37.7 Å². The molecule has 3 rings (SSSR count). The van der Waals surface area contributed by atoms with Gasteiger partial charge in [-0.1, -0.05) is 35.9 Å². The first-order chi connectivity index (χ1) is 17.4. The molecule has 1 aliphatic heterocycles. The predicted octanol–water partition coefficient (Wildman–Crippen LogP) is 3.93. The number of likely N-dealkylation sites (tertiary alicyclic amines) is 1. The van der Waals surface area contributed by atoms with Crippen LogP contribution in [0.1, 0.15) is 25.3 Å². The third-order valence-corrected chi connectivity index (χ3v) is 5.67. The van der Waals surface area contributed by atoms with Crippen LogP contribution < -0.4 is 15.4 Å². The molecule has 1 saturated heterocycles. The van der Waals surface area contributed by atoms with Crippen molar-refractivity contribution in [3.63, 3.8) is 0 Å². The second-order valence-electron chi connectivity index (χ2n) is 8.53. The summed E-state index contributed by atoms with van der Waals surface area (Å²) in [6.07, 6.45) is -3.61. The van der Waals surface area contributed by atoms with E-state index < -0.39 is 18.2 Å². The Morgan fingerprint density at radius 2 is 1.73 bits per heavy atom. The summed E-state index contributed by atoms with van der Waals surface area (Å²) in [5.74, 6) is -2.36. The van der Waals surface area contributed by atoms with Crippen LogP contribution >= 0.6 is 11.6 Å². The van der Waals surface area contributed by atoms with Gasteiger partial charge in [0.2, 0.25) is 5.91 Å². The highest BCUT2D eigenvalue weighted by Crippen LogP contribution is 2.24. The Labute approximate surface area is 218 Å². The second-order valence-corrected chi connectivity index (χ2v) is 8.97. The maximum atomic E-state index is 11.3. The number of carbonyl (C=O) groups is 2. The number of piperidine rings is 1. The summed E-state index contributed by atoms with van der Waals surface area (Å²) in [7, 11) is 0. The van der Waals surface area contributed by atoms with E-state index in [1.807, 2.05) is 24.3 Å². The van der Waals surface area contributed by atoms with Crippen LogP contribution in [0.5, 0.6) is 5.75 Å². The molecule has 4 N–H and O–H groups in total. The summed E-state index contributed by atoms with van der Waals surface area (Å²) in [5.41, 5.74) is 1.89. The minimum absolute atomic E-state index is 0.157. The zero-order valence-corrected chi connectivity index (χ0v) is 21.1. The Kier molecular flexibility index (Phi) is 12.1. The van der Waals surface area contributed by atoms with E-state index in [0.29, 0.717) is 24.0 Å². The number of amides is 1. The second kappa shape index (κ2) is 14.8. The Hall–Kier alpha value is -2.86. The van der Waals surface area contributed by atoms with E-state index in [4.69, 9.17) is 26.2 Å². The van der Waals surface area contributed by atoms with Gasteiger partial charge in [-0.05, 0) is 55.8 Å². The van der Waals surface area contributed by atoms with Gasteiger partial charge in [-0.25, -0.2) is 4.79 Å². The van der Waals surface area contributed by atoms with Crippen molar-refractivity contribution >= 4 is 29.2 Å². The first-order valence-electron chi connectivity index (χ1n) is 11.6. The third kappa shape index (κ3) is 11.8. The summed E-state index contributed by atoms with van der Waals surface area (Å²) in [6.45, 7) is 5.08. The summed E-state index contributed by atoms with van der Waals surface area (Å²) in [6, 6.07) is 15.6. The summed E-state index contributed by atoms with van der Waals surface area (Å²) in [5, 5.41) is 24.4. The van der Waals surface area contributed by atoms with Gasteiger partial charge in [0.15, 0.2) is 0 Å². The van der Waals surface area contributed by atoms with Gasteiger partial charge in [0.1, 0.15) is 18.5 Å². The molecular formula is C25H31ClF3N3O5. The lowest BCUT2D eigenvalue weighted by Crippen LogP contribution is -2.45. The van der Waals surface area contributed by atoms with E-state index in [9.17, 15) is 23.1 Å². The highest BCUT2D eigenvalue weighted by Gasteiger charge is 2.38. The molecule has 0 saturated carbocycles. The number of aliphatic hydroxyl groups is 1. The van der Waals surface area contributed by atoms with Gasteiger partial charge in [-0.15, -0.1) is 0 Å². The number of rotatable bonds is 9. The number of halogens is 4. The fraction of sp³-hybridized carbons (Fsp3) is 0.440. The van der Waals surface area contributed by atoms with E-state index in [-0.39, 0.29) is 12.5 Å². The monoisotopic (exact) mass is 545 g/mol. The van der Waals surface area contributed by atoms with Gasteiger partial charge >= 0.3 is 12.1 Å². The van der Waals surface area contributed by atoms with E-state index >= 15 is 0 Å². The molecular weight excluding hydrogens is 515 g/mol. The number of para-hydroxylation sites is 2. The molecule has 0 bridgehead atoms. The number of carboxylic acid groups (broad SMARTS) is 1. The fourth-order valence-electron chi connectivity index (χ4n) is 3.58. The minimum atomic E-state index is -5.08. The summed E-state index contributed by atoms with van der Waals surface area (Å²) >= 11 is 5.95. The molecule has 1 fully saturated rings. The van der Waals surface area contributed by atoms with Crippen molar-refractivity contribution in [2.45, 2.75) is 44.6 Å². The molecule has 8 nitrogen and oxygen atoms in total. The third-order valence-electron chi connectivity index (χ3n) is 5.42. The van der Waals surface area contributed by atoms with Crippen molar-refractivity contribution in [3.8, 4) is 5.75 Å².